The zero-order valence-electron chi connectivity index (χ0n) is 19.0. The number of rotatable bonds is 7. The van der Waals surface area contributed by atoms with Gasteiger partial charge in [0.15, 0.2) is 0 Å². The van der Waals surface area contributed by atoms with Crippen molar-refractivity contribution in [3.63, 3.8) is 0 Å². The lowest BCUT2D eigenvalue weighted by Crippen LogP contribution is -2.45. The molecule has 4 heteroatoms. The number of fused-ring (bicyclic) bond motifs is 4. The van der Waals surface area contributed by atoms with Crippen LogP contribution in [-0.2, 0) is 17.8 Å². The molecule has 1 fully saturated rings. The van der Waals surface area contributed by atoms with Crippen molar-refractivity contribution < 1.29 is 4.74 Å². The summed E-state index contributed by atoms with van der Waals surface area (Å²) in [5.41, 5.74) is 5.53. The van der Waals surface area contributed by atoms with Crippen LogP contribution in [0.2, 0.25) is 0 Å². The maximum absolute atomic E-state index is 6.17. The first-order valence-electron chi connectivity index (χ1n) is 11.9. The van der Waals surface area contributed by atoms with Gasteiger partial charge in [-0.15, -0.1) is 0 Å². The van der Waals surface area contributed by atoms with Crippen LogP contribution in [0.15, 0.2) is 54.6 Å². The SMILES string of the molecule is CC(C)COCC(CN1Cc2cc3ccccc3n2Cc2ccccc21)N1CCCC1. The third kappa shape index (κ3) is 4.37. The predicted molar refractivity (Wildman–Crippen MR) is 129 cm³/mol. The van der Waals surface area contributed by atoms with Gasteiger partial charge < -0.3 is 14.2 Å². The molecule has 0 saturated carbocycles. The molecule has 1 saturated heterocycles. The average Bonchev–Trinajstić information content (AvgIpc) is 3.38. The summed E-state index contributed by atoms with van der Waals surface area (Å²) >= 11 is 0. The van der Waals surface area contributed by atoms with Gasteiger partial charge in [0.05, 0.1) is 19.2 Å². The van der Waals surface area contributed by atoms with E-state index in [2.05, 4.69) is 82.8 Å². The van der Waals surface area contributed by atoms with Crippen molar-refractivity contribution >= 4 is 16.6 Å². The molecule has 31 heavy (non-hydrogen) atoms. The molecule has 1 aromatic heterocycles. The lowest BCUT2D eigenvalue weighted by molar-refractivity contribution is 0.0567. The van der Waals surface area contributed by atoms with Crippen molar-refractivity contribution in [2.45, 2.75) is 45.8 Å². The lowest BCUT2D eigenvalue weighted by atomic mass is 10.1. The Labute approximate surface area is 186 Å². The highest BCUT2D eigenvalue weighted by atomic mass is 16.5. The second kappa shape index (κ2) is 9.05. The molecule has 0 bridgehead atoms. The highest BCUT2D eigenvalue weighted by Gasteiger charge is 2.28. The van der Waals surface area contributed by atoms with Crippen LogP contribution in [0, 0.1) is 5.92 Å². The van der Waals surface area contributed by atoms with Crippen LogP contribution in [0.25, 0.3) is 10.9 Å². The van der Waals surface area contributed by atoms with Crippen LogP contribution in [0.4, 0.5) is 5.69 Å². The molecule has 164 valence electrons. The van der Waals surface area contributed by atoms with Crippen LogP contribution in [0.3, 0.4) is 0 Å². The Balaban J connectivity index is 1.46. The van der Waals surface area contributed by atoms with Crippen LogP contribution in [-0.4, -0.2) is 48.4 Å². The van der Waals surface area contributed by atoms with E-state index in [0.29, 0.717) is 12.0 Å². The summed E-state index contributed by atoms with van der Waals surface area (Å²) in [6.07, 6.45) is 2.62. The fourth-order valence-corrected chi connectivity index (χ4v) is 5.23. The molecule has 0 radical (unpaired) electrons. The number of nitrogens with zero attached hydrogens (tertiary/aromatic N) is 3. The Morgan fingerprint density at radius 3 is 2.52 bits per heavy atom. The Morgan fingerprint density at radius 1 is 0.903 bits per heavy atom. The Morgan fingerprint density at radius 2 is 1.68 bits per heavy atom. The summed E-state index contributed by atoms with van der Waals surface area (Å²) in [4.78, 5) is 5.26. The number of likely N-dealkylation sites (tertiary alicyclic amines) is 1. The summed E-state index contributed by atoms with van der Waals surface area (Å²) < 4.78 is 8.68. The average molecular weight is 418 g/mol. The molecule has 2 aromatic carbocycles. The number of hydrogen-bond donors (Lipinski definition) is 0. The van der Waals surface area contributed by atoms with Crippen LogP contribution < -0.4 is 4.90 Å². The van der Waals surface area contributed by atoms with E-state index in [0.717, 1.165) is 32.8 Å². The molecule has 3 aromatic rings. The number of hydrogen-bond acceptors (Lipinski definition) is 3. The largest absolute Gasteiger partial charge is 0.379 e. The van der Waals surface area contributed by atoms with Gasteiger partial charge in [-0.3, -0.25) is 4.90 Å². The number of aromatic nitrogens is 1. The van der Waals surface area contributed by atoms with Crippen molar-refractivity contribution in [2.75, 3.05) is 37.7 Å². The maximum atomic E-state index is 6.17. The smallest absolute Gasteiger partial charge is 0.0639 e. The van der Waals surface area contributed by atoms with E-state index in [4.69, 9.17) is 4.74 Å². The van der Waals surface area contributed by atoms with Gasteiger partial charge in [0, 0.05) is 36.6 Å². The lowest BCUT2D eigenvalue weighted by Gasteiger charge is -2.34. The van der Waals surface area contributed by atoms with E-state index in [1.165, 1.54) is 53.8 Å². The minimum Gasteiger partial charge on any atom is -0.379 e. The molecule has 1 unspecified atom stereocenters. The molecule has 1 atom stereocenters. The minimum atomic E-state index is 0.435. The molecule has 4 nitrogen and oxygen atoms in total. The van der Waals surface area contributed by atoms with Crippen molar-refractivity contribution in [2.24, 2.45) is 5.92 Å². The van der Waals surface area contributed by atoms with Gasteiger partial charge in [-0.05, 0) is 61.0 Å². The van der Waals surface area contributed by atoms with Gasteiger partial charge >= 0.3 is 0 Å². The maximum Gasteiger partial charge on any atom is 0.0639 e. The van der Waals surface area contributed by atoms with Crippen LogP contribution >= 0.6 is 0 Å². The van der Waals surface area contributed by atoms with Gasteiger partial charge in [0.25, 0.3) is 0 Å². The number of benzene rings is 2. The molecule has 0 N–H and O–H groups in total. The fourth-order valence-electron chi connectivity index (χ4n) is 5.23. The Bertz CT molecular complexity index is 1020. The summed E-state index contributed by atoms with van der Waals surface area (Å²) in [6.45, 7) is 11.4. The van der Waals surface area contributed by atoms with E-state index in [-0.39, 0.29) is 0 Å². The summed E-state index contributed by atoms with van der Waals surface area (Å²) in [5, 5.41) is 1.34. The Kier molecular flexibility index (Phi) is 6.02. The number of anilines is 1. The summed E-state index contributed by atoms with van der Waals surface area (Å²) in [6, 6.07) is 20.6. The Hall–Kier alpha value is -2.30. The summed E-state index contributed by atoms with van der Waals surface area (Å²) in [7, 11) is 0. The molecule has 5 rings (SSSR count). The highest BCUT2D eigenvalue weighted by Crippen LogP contribution is 2.32. The molecule has 0 aliphatic carbocycles. The van der Waals surface area contributed by atoms with Crippen LogP contribution in [0.1, 0.15) is 37.9 Å². The number of ether oxygens (including phenoxy) is 1. The molecule has 2 aliphatic heterocycles. The molecule has 0 spiro atoms. The topological polar surface area (TPSA) is 20.6 Å². The molecular formula is C27H35N3O. The first-order valence-corrected chi connectivity index (χ1v) is 11.9. The zero-order chi connectivity index (χ0) is 21.2. The first-order chi connectivity index (χ1) is 15.2. The molecule has 0 amide bonds. The molecule has 3 heterocycles. The monoisotopic (exact) mass is 417 g/mol. The van der Waals surface area contributed by atoms with Crippen LogP contribution in [0.5, 0.6) is 0 Å². The first kappa shape index (κ1) is 20.6. The van der Waals surface area contributed by atoms with Gasteiger partial charge in [-0.1, -0.05) is 50.2 Å². The molecule has 2 aliphatic rings. The zero-order valence-corrected chi connectivity index (χ0v) is 19.0. The van der Waals surface area contributed by atoms with E-state index in [1.54, 1.807) is 0 Å². The third-order valence-corrected chi connectivity index (χ3v) is 6.76. The van der Waals surface area contributed by atoms with Crippen molar-refractivity contribution in [3.05, 3.63) is 65.9 Å². The quantitative estimate of drug-likeness (QED) is 0.531. The van der Waals surface area contributed by atoms with Crippen molar-refractivity contribution in [3.8, 4) is 0 Å². The van der Waals surface area contributed by atoms with E-state index >= 15 is 0 Å². The number of para-hydroxylation sites is 2. The van der Waals surface area contributed by atoms with Crippen molar-refractivity contribution in [1.29, 1.82) is 0 Å². The second-order valence-electron chi connectivity index (χ2n) is 9.62. The summed E-state index contributed by atoms with van der Waals surface area (Å²) in [5.74, 6) is 0.578. The van der Waals surface area contributed by atoms with Gasteiger partial charge in [0.1, 0.15) is 0 Å². The second-order valence-corrected chi connectivity index (χ2v) is 9.62. The van der Waals surface area contributed by atoms with E-state index < -0.39 is 0 Å². The standard InChI is InChI=1S/C27H35N3O/c1-21(2)19-31-20-25(28-13-7-8-14-28)18-29-17-24-15-22-9-3-6-12-27(22)30(24)16-23-10-4-5-11-26(23)29/h3-6,9-12,15,21,25H,7-8,13-14,16-20H2,1-2H3. The van der Waals surface area contributed by atoms with Gasteiger partial charge in [0.2, 0.25) is 0 Å². The highest BCUT2D eigenvalue weighted by molar-refractivity contribution is 5.82. The fraction of sp³-hybridized carbons (Fsp3) is 0.481. The normalized spacial score (nSPS) is 17.7. The van der Waals surface area contributed by atoms with E-state index in [9.17, 15) is 0 Å². The van der Waals surface area contributed by atoms with E-state index in [1.807, 2.05) is 0 Å². The minimum absolute atomic E-state index is 0.435. The van der Waals surface area contributed by atoms with Crippen molar-refractivity contribution in [1.82, 2.24) is 9.47 Å². The van der Waals surface area contributed by atoms with Gasteiger partial charge in [-0.25, -0.2) is 0 Å². The third-order valence-electron chi connectivity index (χ3n) is 6.76. The molecular weight excluding hydrogens is 382 g/mol. The predicted octanol–water partition coefficient (Wildman–Crippen LogP) is 5.15. The van der Waals surface area contributed by atoms with Gasteiger partial charge in [-0.2, -0.15) is 0 Å².